The molecule has 0 saturated heterocycles. The summed E-state index contributed by atoms with van der Waals surface area (Å²) in [5.74, 6) is 0.681. The quantitative estimate of drug-likeness (QED) is 0.735. The van der Waals surface area contributed by atoms with Crippen molar-refractivity contribution in [1.82, 2.24) is 0 Å². The van der Waals surface area contributed by atoms with Crippen LogP contribution < -0.4 is 5.32 Å². The Bertz CT molecular complexity index is 541. The van der Waals surface area contributed by atoms with E-state index in [2.05, 4.69) is 43.4 Å². The second-order valence-corrected chi connectivity index (χ2v) is 6.18. The predicted octanol–water partition coefficient (Wildman–Crippen LogP) is 5.80. The fourth-order valence-corrected chi connectivity index (χ4v) is 2.65. The fourth-order valence-electron chi connectivity index (χ4n) is 2.12. The number of nitrogens with one attached hydrogen (secondary N) is 1. The highest BCUT2D eigenvalue weighted by Gasteiger charge is 2.04. The molecule has 0 aliphatic carbocycles. The Morgan fingerprint density at radius 2 is 1.45 bits per heavy atom. The summed E-state index contributed by atoms with van der Waals surface area (Å²) < 4.78 is 0. The molecule has 3 heteroatoms. The van der Waals surface area contributed by atoms with Crippen LogP contribution in [0.15, 0.2) is 42.5 Å². The van der Waals surface area contributed by atoms with Gasteiger partial charge in [-0.3, -0.25) is 0 Å². The number of rotatable bonds is 5. The second-order valence-electron chi connectivity index (χ2n) is 5.36. The molecule has 2 rings (SSSR count). The zero-order chi connectivity index (χ0) is 14.5. The molecule has 0 spiro atoms. The van der Waals surface area contributed by atoms with E-state index in [0.29, 0.717) is 22.5 Å². The van der Waals surface area contributed by atoms with Gasteiger partial charge in [0.15, 0.2) is 0 Å². The van der Waals surface area contributed by atoms with Gasteiger partial charge in [-0.05, 0) is 35.6 Å². The van der Waals surface area contributed by atoms with Gasteiger partial charge in [-0.15, -0.1) is 0 Å². The Kier molecular flexibility index (Phi) is 5.33. The summed E-state index contributed by atoms with van der Waals surface area (Å²) in [6.07, 6.45) is 1.12. The maximum absolute atomic E-state index is 6.13. The van der Waals surface area contributed by atoms with Crippen LogP contribution in [0, 0.1) is 5.92 Å². The van der Waals surface area contributed by atoms with Crippen molar-refractivity contribution < 1.29 is 0 Å². The van der Waals surface area contributed by atoms with Crippen LogP contribution in [-0.4, -0.2) is 0 Å². The molecular weight excluding hydrogens is 289 g/mol. The van der Waals surface area contributed by atoms with Crippen LogP contribution in [0.25, 0.3) is 0 Å². The van der Waals surface area contributed by atoms with Crippen molar-refractivity contribution in [3.63, 3.8) is 0 Å². The number of halogens is 2. The van der Waals surface area contributed by atoms with Crippen molar-refractivity contribution in [1.29, 1.82) is 0 Å². The van der Waals surface area contributed by atoms with Crippen molar-refractivity contribution in [3.8, 4) is 0 Å². The van der Waals surface area contributed by atoms with Crippen molar-refractivity contribution in [2.75, 3.05) is 5.32 Å². The summed E-state index contributed by atoms with van der Waals surface area (Å²) in [6, 6.07) is 14.2. The average Bonchev–Trinajstić information content (AvgIpc) is 2.39. The fraction of sp³-hybridized carbons (Fsp3) is 0.294. The van der Waals surface area contributed by atoms with Gasteiger partial charge in [-0.1, -0.05) is 67.4 Å². The molecule has 0 fully saturated rings. The highest BCUT2D eigenvalue weighted by atomic mass is 35.5. The second kappa shape index (κ2) is 7.01. The summed E-state index contributed by atoms with van der Waals surface area (Å²) in [5, 5.41) is 4.59. The van der Waals surface area contributed by atoms with Crippen molar-refractivity contribution in [2.24, 2.45) is 5.92 Å². The van der Waals surface area contributed by atoms with E-state index in [4.69, 9.17) is 23.2 Å². The first kappa shape index (κ1) is 15.2. The largest absolute Gasteiger partial charge is 0.379 e. The molecule has 2 aromatic carbocycles. The smallest absolute Gasteiger partial charge is 0.0721 e. The van der Waals surface area contributed by atoms with E-state index in [9.17, 15) is 0 Å². The molecule has 0 bridgehead atoms. The molecule has 0 aromatic heterocycles. The van der Waals surface area contributed by atoms with Crippen LogP contribution in [0.3, 0.4) is 0 Å². The third kappa shape index (κ3) is 4.16. The standard InChI is InChI=1S/C17H19Cl2N/c1-12(2)10-13-6-8-14(9-7-13)11-20-17-15(18)4-3-5-16(17)19/h3-9,12,20H,10-11H2,1-2H3. The molecule has 1 N–H and O–H groups in total. The van der Waals surface area contributed by atoms with Crippen LogP contribution in [0.1, 0.15) is 25.0 Å². The zero-order valence-corrected chi connectivity index (χ0v) is 13.3. The molecule has 0 aliphatic heterocycles. The Morgan fingerprint density at radius 1 is 0.900 bits per heavy atom. The van der Waals surface area contributed by atoms with E-state index >= 15 is 0 Å². The van der Waals surface area contributed by atoms with Gasteiger partial charge in [0.1, 0.15) is 0 Å². The first-order valence-electron chi connectivity index (χ1n) is 6.82. The molecule has 0 heterocycles. The number of benzene rings is 2. The molecule has 0 atom stereocenters. The highest BCUT2D eigenvalue weighted by molar-refractivity contribution is 6.39. The summed E-state index contributed by atoms with van der Waals surface area (Å²) in [7, 11) is 0. The van der Waals surface area contributed by atoms with Crippen LogP contribution >= 0.6 is 23.2 Å². The summed E-state index contributed by atoms with van der Waals surface area (Å²) in [5.41, 5.74) is 3.38. The van der Waals surface area contributed by atoms with Gasteiger partial charge in [0.2, 0.25) is 0 Å². The first-order chi connectivity index (χ1) is 9.56. The Hall–Kier alpha value is -1.18. The number of para-hydroxylation sites is 1. The molecular formula is C17H19Cl2N. The van der Waals surface area contributed by atoms with Crippen LogP contribution in [0.4, 0.5) is 5.69 Å². The minimum absolute atomic E-state index is 0.647. The van der Waals surface area contributed by atoms with Crippen molar-refractivity contribution in [2.45, 2.75) is 26.8 Å². The van der Waals surface area contributed by atoms with E-state index in [1.807, 2.05) is 18.2 Å². The van der Waals surface area contributed by atoms with Gasteiger partial charge in [0.05, 0.1) is 15.7 Å². The third-order valence-corrected chi connectivity index (χ3v) is 3.73. The molecule has 20 heavy (non-hydrogen) atoms. The van der Waals surface area contributed by atoms with Crippen molar-refractivity contribution in [3.05, 3.63) is 63.6 Å². The summed E-state index contributed by atoms with van der Waals surface area (Å²) in [6.45, 7) is 5.18. The lowest BCUT2D eigenvalue weighted by Crippen LogP contribution is -2.01. The third-order valence-electron chi connectivity index (χ3n) is 3.10. The predicted molar refractivity (Wildman–Crippen MR) is 88.8 cm³/mol. The van der Waals surface area contributed by atoms with Crippen molar-refractivity contribution >= 4 is 28.9 Å². The lowest BCUT2D eigenvalue weighted by Gasteiger charge is -2.11. The molecule has 0 saturated carbocycles. The SMILES string of the molecule is CC(C)Cc1ccc(CNc2c(Cl)cccc2Cl)cc1. The van der Waals surface area contributed by atoms with Gasteiger partial charge >= 0.3 is 0 Å². The average molecular weight is 308 g/mol. The van der Waals surface area contributed by atoms with Gasteiger partial charge in [-0.2, -0.15) is 0 Å². The molecule has 106 valence electrons. The summed E-state index contributed by atoms with van der Waals surface area (Å²) in [4.78, 5) is 0. The highest BCUT2D eigenvalue weighted by Crippen LogP contribution is 2.30. The molecule has 1 nitrogen and oxygen atoms in total. The van der Waals surface area contributed by atoms with E-state index in [-0.39, 0.29) is 0 Å². The van der Waals surface area contributed by atoms with E-state index < -0.39 is 0 Å². The maximum atomic E-state index is 6.13. The summed E-state index contributed by atoms with van der Waals surface area (Å²) >= 11 is 12.3. The van der Waals surface area contributed by atoms with E-state index in [1.54, 1.807) is 0 Å². The monoisotopic (exact) mass is 307 g/mol. The van der Waals surface area contributed by atoms with Crippen LogP contribution in [0.5, 0.6) is 0 Å². The van der Waals surface area contributed by atoms with Gasteiger partial charge < -0.3 is 5.32 Å². The zero-order valence-electron chi connectivity index (χ0n) is 11.8. The minimum Gasteiger partial charge on any atom is -0.379 e. The Labute approximate surface area is 130 Å². The molecule has 0 radical (unpaired) electrons. The van der Waals surface area contributed by atoms with Gasteiger partial charge in [-0.25, -0.2) is 0 Å². The minimum atomic E-state index is 0.647. The molecule has 2 aromatic rings. The van der Waals surface area contributed by atoms with Crippen LogP contribution in [0.2, 0.25) is 10.0 Å². The van der Waals surface area contributed by atoms with E-state index in [1.165, 1.54) is 11.1 Å². The molecule has 0 amide bonds. The number of hydrogen-bond donors (Lipinski definition) is 1. The van der Waals surface area contributed by atoms with Gasteiger partial charge in [0.25, 0.3) is 0 Å². The normalized spacial score (nSPS) is 10.8. The lowest BCUT2D eigenvalue weighted by atomic mass is 10.0. The maximum Gasteiger partial charge on any atom is 0.0721 e. The van der Waals surface area contributed by atoms with Gasteiger partial charge in [0, 0.05) is 6.54 Å². The number of anilines is 1. The molecule has 0 unspecified atom stereocenters. The Morgan fingerprint density at radius 3 is 2.00 bits per heavy atom. The molecule has 0 aliphatic rings. The topological polar surface area (TPSA) is 12.0 Å². The van der Waals surface area contributed by atoms with E-state index in [0.717, 1.165) is 12.1 Å². The lowest BCUT2D eigenvalue weighted by molar-refractivity contribution is 0.647. The Balaban J connectivity index is 2.00. The number of hydrogen-bond acceptors (Lipinski definition) is 1. The van der Waals surface area contributed by atoms with Crippen LogP contribution in [-0.2, 0) is 13.0 Å². The first-order valence-corrected chi connectivity index (χ1v) is 7.57.